The second kappa shape index (κ2) is 6.15. The normalized spacial score (nSPS) is 17.7. The van der Waals surface area contributed by atoms with E-state index in [0.29, 0.717) is 0 Å². The van der Waals surface area contributed by atoms with Crippen LogP contribution in [0.5, 0.6) is 0 Å². The van der Waals surface area contributed by atoms with Crippen LogP contribution in [0.4, 0.5) is 5.69 Å². The molecule has 128 valence electrons. The van der Waals surface area contributed by atoms with Gasteiger partial charge in [-0.3, -0.25) is 9.48 Å². The lowest BCUT2D eigenvalue weighted by molar-refractivity contribution is -0.118. The zero-order chi connectivity index (χ0) is 17.6. The number of carbonyl (C=O) groups excluding carboxylic acids is 1. The lowest BCUT2D eigenvalue weighted by Gasteiger charge is -2.25. The maximum absolute atomic E-state index is 13.1. The van der Waals surface area contributed by atoms with Gasteiger partial charge in [0.05, 0.1) is 16.8 Å². The van der Waals surface area contributed by atoms with E-state index in [9.17, 15) is 4.79 Å². The van der Waals surface area contributed by atoms with E-state index >= 15 is 0 Å². The summed E-state index contributed by atoms with van der Waals surface area (Å²) in [4.78, 5) is 23.6. The molecule has 1 aliphatic rings. The minimum Gasteiger partial charge on any atom is -0.308 e. The first-order valence-electron chi connectivity index (χ1n) is 8.26. The quantitative estimate of drug-likeness (QED) is 0.535. The minimum absolute atomic E-state index is 0.109. The van der Waals surface area contributed by atoms with Crippen LogP contribution >= 0.6 is 11.8 Å². The molecule has 1 aliphatic heterocycles. The van der Waals surface area contributed by atoms with Crippen LogP contribution in [0.15, 0.2) is 41.8 Å². The van der Waals surface area contributed by atoms with Gasteiger partial charge in [0.1, 0.15) is 11.4 Å². The van der Waals surface area contributed by atoms with Crippen molar-refractivity contribution in [3.8, 4) is 0 Å². The molecular weight excluding hydrogens is 334 g/mol. The standard InChI is InChI=1S/C18H19N5OS/c1-11-8-13-6-4-5-7-15(13)23(11)18(24)12(2)25-17-14-9-21-22(3)16(14)19-10-20-17/h4-7,9-12H,8H2,1-3H3. The number of nitrogens with zero attached hydrogens (tertiary/aromatic N) is 5. The van der Waals surface area contributed by atoms with E-state index < -0.39 is 0 Å². The van der Waals surface area contributed by atoms with Gasteiger partial charge < -0.3 is 4.90 Å². The zero-order valence-electron chi connectivity index (χ0n) is 14.4. The van der Waals surface area contributed by atoms with Crippen LogP contribution < -0.4 is 4.90 Å². The molecule has 0 saturated heterocycles. The number of benzene rings is 1. The van der Waals surface area contributed by atoms with E-state index in [1.165, 1.54) is 23.7 Å². The van der Waals surface area contributed by atoms with Crippen LogP contribution in [0.1, 0.15) is 19.4 Å². The molecule has 2 atom stereocenters. The molecule has 2 unspecified atom stereocenters. The lowest BCUT2D eigenvalue weighted by Crippen LogP contribution is -2.40. The van der Waals surface area contributed by atoms with Crippen molar-refractivity contribution >= 4 is 34.4 Å². The van der Waals surface area contributed by atoms with Gasteiger partial charge in [-0.05, 0) is 31.9 Å². The first kappa shape index (κ1) is 16.1. The van der Waals surface area contributed by atoms with Crippen molar-refractivity contribution in [1.82, 2.24) is 19.7 Å². The fraction of sp³-hybridized carbons (Fsp3) is 0.333. The highest BCUT2D eigenvalue weighted by atomic mass is 32.2. The van der Waals surface area contributed by atoms with Gasteiger partial charge in [-0.2, -0.15) is 5.10 Å². The second-order valence-electron chi connectivity index (χ2n) is 6.33. The van der Waals surface area contributed by atoms with Crippen molar-refractivity contribution in [3.63, 3.8) is 0 Å². The maximum atomic E-state index is 13.1. The highest BCUT2D eigenvalue weighted by molar-refractivity contribution is 8.00. The van der Waals surface area contributed by atoms with Crippen LogP contribution in [0.3, 0.4) is 0 Å². The van der Waals surface area contributed by atoms with E-state index in [1.807, 2.05) is 37.1 Å². The fourth-order valence-corrected chi connectivity index (χ4v) is 4.28. The summed E-state index contributed by atoms with van der Waals surface area (Å²) in [5.74, 6) is 0.109. The SMILES string of the molecule is CC(Sc1ncnc2c1cnn2C)C(=O)N1c2ccccc2CC1C. The van der Waals surface area contributed by atoms with Crippen LogP contribution in [-0.2, 0) is 18.3 Å². The van der Waals surface area contributed by atoms with Crippen LogP contribution in [-0.4, -0.2) is 36.9 Å². The first-order valence-corrected chi connectivity index (χ1v) is 9.14. The summed E-state index contributed by atoms with van der Waals surface area (Å²) >= 11 is 1.46. The van der Waals surface area contributed by atoms with Crippen LogP contribution in [0, 0.1) is 0 Å². The predicted molar refractivity (Wildman–Crippen MR) is 98.7 cm³/mol. The van der Waals surface area contributed by atoms with Gasteiger partial charge in [0.15, 0.2) is 5.65 Å². The Morgan fingerprint density at radius 2 is 2.12 bits per heavy atom. The monoisotopic (exact) mass is 353 g/mol. The molecule has 0 spiro atoms. The molecule has 0 aliphatic carbocycles. The molecule has 3 aromatic rings. The summed E-state index contributed by atoms with van der Waals surface area (Å²) in [5.41, 5.74) is 3.04. The Bertz CT molecular complexity index is 954. The smallest absolute Gasteiger partial charge is 0.240 e. The van der Waals surface area contributed by atoms with Gasteiger partial charge >= 0.3 is 0 Å². The van der Waals surface area contributed by atoms with E-state index in [2.05, 4.69) is 28.1 Å². The van der Waals surface area contributed by atoms with Crippen molar-refractivity contribution in [2.24, 2.45) is 7.05 Å². The molecule has 1 amide bonds. The van der Waals surface area contributed by atoms with Crippen molar-refractivity contribution in [2.75, 3.05) is 4.90 Å². The Kier molecular flexibility index (Phi) is 3.95. The summed E-state index contributed by atoms with van der Waals surface area (Å²) in [6.45, 7) is 4.03. The van der Waals surface area contributed by atoms with E-state index in [-0.39, 0.29) is 17.2 Å². The average Bonchev–Trinajstić information content (AvgIpc) is 3.14. The number of aryl methyl sites for hydroxylation is 1. The third-order valence-corrected chi connectivity index (χ3v) is 5.68. The van der Waals surface area contributed by atoms with Gasteiger partial charge in [-0.1, -0.05) is 30.0 Å². The third kappa shape index (κ3) is 2.68. The van der Waals surface area contributed by atoms with E-state index in [1.54, 1.807) is 10.9 Å². The van der Waals surface area contributed by atoms with Gasteiger partial charge in [0.25, 0.3) is 0 Å². The molecule has 0 fully saturated rings. The molecule has 25 heavy (non-hydrogen) atoms. The Morgan fingerprint density at radius 3 is 2.96 bits per heavy atom. The summed E-state index contributed by atoms with van der Waals surface area (Å²) in [6, 6.07) is 8.31. The Morgan fingerprint density at radius 1 is 1.32 bits per heavy atom. The third-order valence-electron chi connectivity index (χ3n) is 4.57. The summed E-state index contributed by atoms with van der Waals surface area (Å²) in [7, 11) is 1.85. The number of rotatable bonds is 3. The average molecular weight is 353 g/mol. The Balaban J connectivity index is 1.61. The molecule has 7 heteroatoms. The number of hydrogen-bond acceptors (Lipinski definition) is 5. The van der Waals surface area contributed by atoms with Gasteiger partial charge in [-0.15, -0.1) is 0 Å². The summed E-state index contributed by atoms with van der Waals surface area (Å²) < 4.78 is 1.71. The van der Waals surface area contributed by atoms with Crippen molar-refractivity contribution in [1.29, 1.82) is 0 Å². The highest BCUT2D eigenvalue weighted by Crippen LogP contribution is 2.35. The Labute approximate surface area is 150 Å². The molecule has 0 saturated carbocycles. The first-order chi connectivity index (χ1) is 12.1. The predicted octanol–water partition coefficient (Wildman–Crippen LogP) is 2.82. The largest absolute Gasteiger partial charge is 0.308 e. The van der Waals surface area contributed by atoms with E-state index in [0.717, 1.165) is 28.2 Å². The molecule has 3 heterocycles. The number of para-hydroxylation sites is 1. The van der Waals surface area contributed by atoms with Crippen LogP contribution in [0.2, 0.25) is 0 Å². The number of anilines is 1. The topological polar surface area (TPSA) is 63.9 Å². The molecule has 6 nitrogen and oxygen atoms in total. The maximum Gasteiger partial charge on any atom is 0.240 e. The van der Waals surface area contributed by atoms with Crippen LogP contribution in [0.25, 0.3) is 11.0 Å². The number of aromatic nitrogens is 4. The molecule has 1 aromatic carbocycles. The second-order valence-corrected chi connectivity index (χ2v) is 7.66. The molecular formula is C18H19N5OS. The number of fused-ring (bicyclic) bond motifs is 2. The van der Waals surface area contributed by atoms with Crippen molar-refractivity contribution in [2.45, 2.75) is 36.6 Å². The zero-order valence-corrected chi connectivity index (χ0v) is 15.2. The van der Waals surface area contributed by atoms with Gasteiger partial charge in [-0.25, -0.2) is 9.97 Å². The molecule has 0 N–H and O–H groups in total. The van der Waals surface area contributed by atoms with Crippen molar-refractivity contribution in [3.05, 3.63) is 42.4 Å². The number of hydrogen-bond donors (Lipinski definition) is 0. The lowest BCUT2D eigenvalue weighted by atomic mass is 10.1. The van der Waals surface area contributed by atoms with Crippen molar-refractivity contribution < 1.29 is 4.79 Å². The highest BCUT2D eigenvalue weighted by Gasteiger charge is 2.33. The molecule has 0 bridgehead atoms. The Hall–Kier alpha value is -2.41. The minimum atomic E-state index is -0.244. The molecule has 0 radical (unpaired) electrons. The number of amides is 1. The fourth-order valence-electron chi connectivity index (χ4n) is 3.35. The summed E-state index contributed by atoms with van der Waals surface area (Å²) in [5, 5.41) is 5.66. The van der Waals surface area contributed by atoms with Gasteiger partial charge in [0, 0.05) is 18.8 Å². The number of thioether (sulfide) groups is 1. The number of carbonyl (C=O) groups is 1. The summed E-state index contributed by atoms with van der Waals surface area (Å²) in [6.07, 6.45) is 4.18. The van der Waals surface area contributed by atoms with E-state index in [4.69, 9.17) is 0 Å². The molecule has 2 aromatic heterocycles. The molecule has 4 rings (SSSR count). The van der Waals surface area contributed by atoms with Gasteiger partial charge in [0.2, 0.25) is 5.91 Å².